The number of hydrogen-bond acceptors (Lipinski definition) is 4. The molecule has 0 radical (unpaired) electrons. The number of nitrogens with one attached hydrogen (secondary N) is 1. The molecule has 0 spiro atoms. The van der Waals surface area contributed by atoms with E-state index in [0.29, 0.717) is 21.6 Å². The predicted molar refractivity (Wildman–Crippen MR) is 107 cm³/mol. The van der Waals surface area contributed by atoms with Crippen molar-refractivity contribution in [2.45, 2.75) is 5.16 Å². The van der Waals surface area contributed by atoms with Gasteiger partial charge in [0.05, 0.1) is 17.1 Å². The van der Waals surface area contributed by atoms with Crippen LogP contribution in [0.5, 0.6) is 0 Å². The van der Waals surface area contributed by atoms with Crippen LogP contribution in [0, 0.1) is 0 Å². The number of amides is 2. The van der Waals surface area contributed by atoms with Gasteiger partial charge in [-0.3, -0.25) is 14.2 Å². The van der Waals surface area contributed by atoms with Gasteiger partial charge in [-0.2, -0.15) is 0 Å². The number of thioether (sulfide) groups is 1. The van der Waals surface area contributed by atoms with E-state index in [1.54, 1.807) is 18.3 Å². The Morgan fingerprint density at radius 3 is 2.93 bits per heavy atom. The molecule has 1 N–H and O–H groups in total. The van der Waals surface area contributed by atoms with Crippen LogP contribution in [-0.4, -0.2) is 33.7 Å². The zero-order chi connectivity index (χ0) is 18.8. The third kappa shape index (κ3) is 3.70. The van der Waals surface area contributed by atoms with Gasteiger partial charge in [0.1, 0.15) is 6.54 Å². The highest BCUT2D eigenvalue weighted by Gasteiger charge is 2.26. The number of benzene rings is 2. The van der Waals surface area contributed by atoms with Gasteiger partial charge in [0.25, 0.3) is 0 Å². The normalized spacial score (nSPS) is 13.2. The summed E-state index contributed by atoms with van der Waals surface area (Å²) in [6, 6.07) is 14.7. The molecule has 0 atom stereocenters. The Morgan fingerprint density at radius 1 is 1.22 bits per heavy atom. The highest BCUT2D eigenvalue weighted by molar-refractivity contribution is 7.99. The molecule has 0 bridgehead atoms. The van der Waals surface area contributed by atoms with E-state index in [2.05, 4.69) is 10.3 Å². The molecule has 27 heavy (non-hydrogen) atoms. The fourth-order valence-corrected chi connectivity index (χ4v) is 3.91. The first kappa shape index (κ1) is 17.6. The average Bonchev–Trinajstić information content (AvgIpc) is 3.14. The lowest BCUT2D eigenvalue weighted by Gasteiger charge is -2.29. The maximum Gasteiger partial charge on any atom is 0.244 e. The molecule has 0 aliphatic carbocycles. The molecule has 0 saturated heterocycles. The first-order chi connectivity index (χ1) is 13.1. The summed E-state index contributed by atoms with van der Waals surface area (Å²) < 4.78 is 1.88. The zero-order valence-electron chi connectivity index (χ0n) is 14.1. The minimum atomic E-state index is -0.201. The lowest BCUT2D eigenvalue weighted by Crippen LogP contribution is -2.43. The Labute approximate surface area is 165 Å². The summed E-state index contributed by atoms with van der Waals surface area (Å²) in [6.45, 7) is 0.0130. The molecule has 6 nitrogen and oxygen atoms in total. The monoisotopic (exact) mass is 398 g/mol. The summed E-state index contributed by atoms with van der Waals surface area (Å²) in [5.41, 5.74) is 2.23. The molecule has 2 amide bonds. The van der Waals surface area contributed by atoms with Crippen LogP contribution < -0.4 is 10.2 Å². The molecule has 0 saturated carbocycles. The number of halogens is 1. The number of carbonyl (C=O) groups excluding carboxylic acids is 2. The van der Waals surface area contributed by atoms with Gasteiger partial charge in [0.15, 0.2) is 5.16 Å². The molecule has 8 heteroatoms. The predicted octanol–water partition coefficient (Wildman–Crippen LogP) is 3.60. The Hall–Kier alpha value is -2.77. The number of imidazole rings is 1. The summed E-state index contributed by atoms with van der Waals surface area (Å²) in [6.07, 6.45) is 3.50. The van der Waals surface area contributed by atoms with Gasteiger partial charge in [-0.05, 0) is 30.3 Å². The molecule has 3 aromatic rings. The molecule has 4 rings (SSSR count). The van der Waals surface area contributed by atoms with E-state index in [-0.39, 0.29) is 24.1 Å². The molecule has 0 unspecified atom stereocenters. The second-order valence-corrected chi connectivity index (χ2v) is 7.27. The maximum absolute atomic E-state index is 12.8. The largest absolute Gasteiger partial charge is 0.323 e. The van der Waals surface area contributed by atoms with E-state index in [1.807, 2.05) is 47.2 Å². The van der Waals surface area contributed by atoms with Gasteiger partial charge in [-0.1, -0.05) is 41.6 Å². The van der Waals surface area contributed by atoms with E-state index in [9.17, 15) is 9.59 Å². The highest BCUT2D eigenvalue weighted by atomic mass is 35.5. The van der Waals surface area contributed by atoms with Crippen LogP contribution in [0.15, 0.2) is 66.1 Å². The average molecular weight is 399 g/mol. The Morgan fingerprint density at radius 2 is 2.07 bits per heavy atom. The molecule has 1 aromatic heterocycles. The van der Waals surface area contributed by atoms with E-state index in [4.69, 9.17) is 11.6 Å². The third-order valence-electron chi connectivity index (χ3n) is 4.09. The fourth-order valence-electron chi connectivity index (χ4n) is 2.88. The lowest BCUT2D eigenvalue weighted by atomic mass is 10.2. The number of hydrogen-bond donors (Lipinski definition) is 1. The summed E-state index contributed by atoms with van der Waals surface area (Å²) in [5, 5.41) is 4.09. The smallest absolute Gasteiger partial charge is 0.244 e. The van der Waals surface area contributed by atoms with E-state index < -0.39 is 0 Å². The first-order valence-corrected chi connectivity index (χ1v) is 9.59. The maximum atomic E-state index is 12.8. The van der Waals surface area contributed by atoms with Crippen LogP contribution >= 0.6 is 23.4 Å². The summed E-state index contributed by atoms with van der Waals surface area (Å²) in [7, 11) is 0. The third-order valence-corrected chi connectivity index (χ3v) is 5.28. The highest BCUT2D eigenvalue weighted by Crippen LogP contribution is 2.30. The van der Waals surface area contributed by atoms with Crippen molar-refractivity contribution in [1.29, 1.82) is 0 Å². The first-order valence-electron chi connectivity index (χ1n) is 8.23. The van der Waals surface area contributed by atoms with E-state index >= 15 is 0 Å². The number of rotatable bonds is 4. The van der Waals surface area contributed by atoms with Gasteiger partial charge in [0, 0.05) is 23.1 Å². The van der Waals surface area contributed by atoms with Crippen LogP contribution in [0.4, 0.5) is 11.4 Å². The van der Waals surface area contributed by atoms with Gasteiger partial charge in [-0.25, -0.2) is 4.98 Å². The van der Waals surface area contributed by atoms with Crippen LogP contribution in [0.1, 0.15) is 0 Å². The van der Waals surface area contributed by atoms with Gasteiger partial charge < -0.3 is 10.2 Å². The van der Waals surface area contributed by atoms with Crippen molar-refractivity contribution >= 4 is 46.6 Å². The molecule has 2 heterocycles. The van der Waals surface area contributed by atoms with Crippen molar-refractivity contribution in [1.82, 2.24) is 9.55 Å². The number of anilines is 2. The van der Waals surface area contributed by atoms with Gasteiger partial charge in [0.2, 0.25) is 11.8 Å². The second-order valence-electron chi connectivity index (χ2n) is 5.89. The molecule has 1 aliphatic heterocycles. The Balaban J connectivity index is 1.51. The fraction of sp³-hybridized carbons (Fsp3) is 0.105. The Bertz CT molecular complexity index is 1020. The van der Waals surface area contributed by atoms with Crippen LogP contribution in [0.2, 0.25) is 5.02 Å². The quantitative estimate of drug-likeness (QED) is 0.682. The van der Waals surface area contributed by atoms with Crippen molar-refractivity contribution in [3.8, 4) is 5.69 Å². The van der Waals surface area contributed by atoms with Crippen molar-refractivity contribution in [2.75, 3.05) is 22.5 Å². The minimum absolute atomic E-state index is 0.0130. The van der Waals surface area contributed by atoms with Crippen LogP contribution in [0.25, 0.3) is 5.69 Å². The van der Waals surface area contributed by atoms with E-state index in [1.165, 1.54) is 16.7 Å². The van der Waals surface area contributed by atoms with Gasteiger partial charge in [-0.15, -0.1) is 0 Å². The molecule has 0 fully saturated rings. The van der Waals surface area contributed by atoms with Crippen LogP contribution in [0.3, 0.4) is 0 Å². The molecular weight excluding hydrogens is 384 g/mol. The van der Waals surface area contributed by atoms with Gasteiger partial charge >= 0.3 is 0 Å². The number of aromatic nitrogens is 2. The molecular formula is C19H15ClN4O2S. The molecule has 2 aromatic carbocycles. The molecule has 136 valence electrons. The zero-order valence-corrected chi connectivity index (χ0v) is 15.7. The number of nitrogens with zero attached hydrogens (tertiary/aromatic N) is 3. The van der Waals surface area contributed by atoms with Crippen molar-refractivity contribution in [2.24, 2.45) is 0 Å². The summed E-state index contributed by atoms with van der Waals surface area (Å²) in [5.74, 6) is -0.186. The SMILES string of the molecule is O=C1CN(C(=O)CSc2nccn2-c2cccc(Cl)c2)c2ccccc2N1. The summed E-state index contributed by atoms with van der Waals surface area (Å²) >= 11 is 7.38. The number of para-hydroxylation sites is 2. The standard InChI is InChI=1S/C19H15ClN4O2S/c20-13-4-3-5-14(10-13)23-9-8-21-19(23)27-12-18(26)24-11-17(25)22-15-6-1-2-7-16(15)24/h1-10H,11-12H2,(H,22,25). The van der Waals surface area contributed by atoms with Crippen molar-refractivity contribution in [3.05, 3.63) is 65.9 Å². The summed E-state index contributed by atoms with van der Waals surface area (Å²) in [4.78, 5) is 30.5. The second kappa shape index (κ2) is 7.46. The lowest BCUT2D eigenvalue weighted by molar-refractivity contribution is -0.120. The van der Waals surface area contributed by atoms with Crippen molar-refractivity contribution in [3.63, 3.8) is 0 Å². The number of carbonyl (C=O) groups is 2. The van der Waals surface area contributed by atoms with Crippen molar-refractivity contribution < 1.29 is 9.59 Å². The Kier molecular flexibility index (Phi) is 4.87. The topological polar surface area (TPSA) is 67.2 Å². The molecule has 1 aliphatic rings. The van der Waals surface area contributed by atoms with E-state index in [0.717, 1.165) is 5.69 Å². The van der Waals surface area contributed by atoms with Crippen LogP contribution in [-0.2, 0) is 9.59 Å². The minimum Gasteiger partial charge on any atom is -0.323 e. The number of fused-ring (bicyclic) bond motifs is 1.